The maximum Gasteiger partial charge on any atom is 0.124 e. The Bertz CT molecular complexity index is 88.5. The van der Waals surface area contributed by atoms with Crippen LogP contribution in [0.4, 0.5) is 0 Å². The van der Waals surface area contributed by atoms with Crippen molar-refractivity contribution in [3.8, 4) is 0 Å². The normalized spacial score (nSPS) is 8.62. The fourth-order valence-electron chi connectivity index (χ4n) is 0.440. The molecule has 0 amide bonds. The summed E-state index contributed by atoms with van der Waals surface area (Å²) < 4.78 is 0. The van der Waals surface area contributed by atoms with Crippen molar-refractivity contribution in [2.24, 2.45) is 0 Å². The van der Waals surface area contributed by atoms with Crippen LogP contribution in [0.3, 0.4) is 0 Å². The molecular weight excluding hydrogens is 102 g/mol. The Hall–Kier alpha value is -0.630. The molecule has 0 aliphatic carbocycles. The summed E-state index contributed by atoms with van der Waals surface area (Å²) in [6.07, 6.45) is 1.33. The third-order valence-corrected chi connectivity index (χ3v) is 0.799. The van der Waals surface area contributed by atoms with Crippen LogP contribution in [-0.4, -0.2) is 19.9 Å². The Labute approximate surface area is 49.6 Å². The fraction of sp³-hybridized carbons (Fsp3) is 0.500. The van der Waals surface area contributed by atoms with Crippen LogP contribution in [0.25, 0.3) is 0 Å². The Morgan fingerprint density at radius 3 is 2.88 bits per heavy atom. The summed E-state index contributed by atoms with van der Waals surface area (Å²) in [6.45, 7) is 4.38. The van der Waals surface area contributed by atoms with Gasteiger partial charge in [0.25, 0.3) is 0 Å². The van der Waals surface area contributed by atoms with Crippen molar-refractivity contribution in [1.82, 2.24) is 5.32 Å². The summed E-state index contributed by atoms with van der Waals surface area (Å²) in [5.41, 5.74) is 0.933. The van der Waals surface area contributed by atoms with Crippen molar-refractivity contribution >= 4 is 6.29 Å². The van der Waals surface area contributed by atoms with Crippen molar-refractivity contribution < 1.29 is 4.79 Å². The molecule has 46 valence electrons. The highest BCUT2D eigenvalue weighted by atomic mass is 16.1. The Morgan fingerprint density at radius 2 is 2.50 bits per heavy atom. The molecule has 0 unspecified atom stereocenters. The number of likely N-dealkylation sites (N-methyl/N-ethyl adjacent to an activating group) is 1. The third kappa shape index (κ3) is 3.56. The van der Waals surface area contributed by atoms with E-state index in [-0.39, 0.29) is 0 Å². The predicted molar refractivity (Wildman–Crippen MR) is 33.7 cm³/mol. The second kappa shape index (κ2) is 4.53. The third-order valence-electron chi connectivity index (χ3n) is 0.799. The van der Waals surface area contributed by atoms with Crippen LogP contribution in [0.1, 0.15) is 6.42 Å². The molecule has 2 nitrogen and oxygen atoms in total. The van der Waals surface area contributed by atoms with Gasteiger partial charge in [-0.05, 0) is 7.05 Å². The molecule has 0 aliphatic rings. The van der Waals surface area contributed by atoms with Gasteiger partial charge in [0, 0.05) is 13.0 Å². The van der Waals surface area contributed by atoms with Crippen molar-refractivity contribution in [1.29, 1.82) is 0 Å². The molecule has 0 rings (SSSR count). The number of hydrogen-bond acceptors (Lipinski definition) is 2. The monoisotopic (exact) mass is 113 g/mol. The average Bonchev–Trinajstić information content (AvgIpc) is 1.68. The maximum atomic E-state index is 9.80. The molecule has 0 saturated heterocycles. The van der Waals surface area contributed by atoms with E-state index in [2.05, 4.69) is 11.9 Å². The summed E-state index contributed by atoms with van der Waals surface area (Å²) >= 11 is 0. The molecular formula is C6H11NO. The summed E-state index contributed by atoms with van der Waals surface area (Å²) in [6, 6.07) is 0. The van der Waals surface area contributed by atoms with Crippen LogP contribution in [0.5, 0.6) is 0 Å². The van der Waals surface area contributed by atoms with Crippen molar-refractivity contribution in [2.75, 3.05) is 13.6 Å². The molecule has 0 aromatic heterocycles. The first-order chi connectivity index (χ1) is 3.81. The number of aldehydes is 1. The molecule has 0 radical (unpaired) electrons. The van der Waals surface area contributed by atoms with Gasteiger partial charge in [-0.2, -0.15) is 0 Å². The molecule has 0 heterocycles. The second-order valence-corrected chi connectivity index (χ2v) is 1.65. The number of carbonyl (C=O) groups is 1. The highest BCUT2D eigenvalue weighted by Crippen LogP contribution is 1.89. The predicted octanol–water partition coefficient (Wildman–Crippen LogP) is 0.351. The molecule has 0 aliphatic heterocycles. The Balaban J connectivity index is 3.18. The van der Waals surface area contributed by atoms with Crippen LogP contribution in [-0.2, 0) is 4.79 Å². The van der Waals surface area contributed by atoms with E-state index < -0.39 is 0 Å². The van der Waals surface area contributed by atoms with E-state index in [9.17, 15) is 4.79 Å². The molecule has 2 heteroatoms. The van der Waals surface area contributed by atoms with Crippen LogP contribution >= 0.6 is 0 Å². The van der Waals surface area contributed by atoms with Crippen LogP contribution in [0, 0.1) is 0 Å². The molecule has 0 aromatic rings. The van der Waals surface area contributed by atoms with Crippen molar-refractivity contribution in [3.63, 3.8) is 0 Å². The van der Waals surface area contributed by atoms with E-state index in [0.717, 1.165) is 18.4 Å². The van der Waals surface area contributed by atoms with Gasteiger partial charge in [-0.15, -0.1) is 0 Å². The van der Waals surface area contributed by atoms with Gasteiger partial charge in [0.15, 0.2) is 0 Å². The van der Waals surface area contributed by atoms with Gasteiger partial charge in [-0.3, -0.25) is 0 Å². The lowest BCUT2D eigenvalue weighted by Gasteiger charge is -1.95. The zero-order chi connectivity index (χ0) is 6.41. The van der Waals surface area contributed by atoms with Crippen LogP contribution in [0.2, 0.25) is 0 Å². The molecule has 0 aromatic carbocycles. The summed E-state index contributed by atoms with van der Waals surface area (Å²) in [5, 5.41) is 2.89. The maximum absolute atomic E-state index is 9.80. The van der Waals surface area contributed by atoms with Gasteiger partial charge in [-0.1, -0.05) is 12.2 Å². The van der Waals surface area contributed by atoms with Gasteiger partial charge < -0.3 is 10.1 Å². The van der Waals surface area contributed by atoms with Gasteiger partial charge in [0.05, 0.1) is 0 Å². The molecule has 1 N–H and O–H groups in total. The van der Waals surface area contributed by atoms with Crippen LogP contribution < -0.4 is 5.32 Å². The second-order valence-electron chi connectivity index (χ2n) is 1.65. The zero-order valence-electron chi connectivity index (χ0n) is 5.11. The molecule has 8 heavy (non-hydrogen) atoms. The number of hydrogen-bond donors (Lipinski definition) is 1. The van der Waals surface area contributed by atoms with Gasteiger partial charge in [-0.25, -0.2) is 0 Å². The van der Waals surface area contributed by atoms with E-state index >= 15 is 0 Å². The standard InChI is InChI=1S/C6H11NO/c1-6(3-4-8)5-7-2/h4,7H,1,3,5H2,2H3. The SMILES string of the molecule is C=C(CC=O)CNC. The van der Waals surface area contributed by atoms with Gasteiger partial charge >= 0.3 is 0 Å². The highest BCUT2D eigenvalue weighted by molar-refractivity contribution is 5.53. The van der Waals surface area contributed by atoms with E-state index in [1.807, 2.05) is 7.05 Å². The average molecular weight is 113 g/mol. The van der Waals surface area contributed by atoms with Gasteiger partial charge in [0.2, 0.25) is 0 Å². The first kappa shape index (κ1) is 7.37. The lowest BCUT2D eigenvalue weighted by atomic mass is 10.2. The summed E-state index contributed by atoms with van der Waals surface area (Å²) in [5.74, 6) is 0. The minimum Gasteiger partial charge on any atom is -0.316 e. The molecule has 0 atom stereocenters. The smallest absolute Gasteiger partial charge is 0.124 e. The van der Waals surface area contributed by atoms with E-state index in [4.69, 9.17) is 0 Å². The van der Waals surface area contributed by atoms with E-state index in [1.54, 1.807) is 0 Å². The molecule has 0 spiro atoms. The number of rotatable bonds is 4. The van der Waals surface area contributed by atoms with Gasteiger partial charge in [0.1, 0.15) is 6.29 Å². The van der Waals surface area contributed by atoms with E-state index in [0.29, 0.717) is 6.42 Å². The fourth-order valence-corrected chi connectivity index (χ4v) is 0.440. The topological polar surface area (TPSA) is 29.1 Å². The minimum absolute atomic E-state index is 0.473. The highest BCUT2D eigenvalue weighted by Gasteiger charge is 1.86. The molecule has 0 fully saturated rings. The first-order valence-electron chi connectivity index (χ1n) is 2.56. The molecule has 0 bridgehead atoms. The molecule has 0 saturated carbocycles. The minimum atomic E-state index is 0.473. The summed E-state index contributed by atoms with van der Waals surface area (Å²) in [7, 11) is 1.83. The number of carbonyl (C=O) groups excluding carboxylic acids is 1. The lowest BCUT2D eigenvalue weighted by molar-refractivity contribution is -0.107. The Morgan fingerprint density at radius 1 is 1.88 bits per heavy atom. The largest absolute Gasteiger partial charge is 0.316 e. The number of nitrogens with one attached hydrogen (secondary N) is 1. The lowest BCUT2D eigenvalue weighted by Crippen LogP contribution is -2.09. The zero-order valence-corrected chi connectivity index (χ0v) is 5.11. The first-order valence-corrected chi connectivity index (χ1v) is 2.56. The van der Waals surface area contributed by atoms with E-state index in [1.165, 1.54) is 0 Å². The quantitative estimate of drug-likeness (QED) is 0.421. The van der Waals surface area contributed by atoms with Crippen molar-refractivity contribution in [2.45, 2.75) is 6.42 Å². The van der Waals surface area contributed by atoms with Crippen LogP contribution in [0.15, 0.2) is 12.2 Å². The summed E-state index contributed by atoms with van der Waals surface area (Å²) in [4.78, 5) is 9.80. The Kier molecular flexibility index (Phi) is 4.17. The van der Waals surface area contributed by atoms with Crippen molar-refractivity contribution in [3.05, 3.63) is 12.2 Å².